The molecule has 4 heteroatoms. The Kier molecular flexibility index (Phi) is 4.32. The van der Waals surface area contributed by atoms with Gasteiger partial charge in [-0.05, 0) is 25.3 Å². The fraction of sp³-hybridized carbons (Fsp3) is 0.625. The number of benzene rings is 1. The molecule has 1 aromatic rings. The molecule has 1 heterocycles. The molecule has 20 heavy (non-hydrogen) atoms. The second kappa shape index (κ2) is 6.02. The molecular weight excluding hydrogens is 276 g/mol. The van der Waals surface area contributed by atoms with Gasteiger partial charge >= 0.3 is 0 Å². The van der Waals surface area contributed by atoms with Crippen LogP contribution in [0.25, 0.3) is 0 Å². The van der Waals surface area contributed by atoms with Crippen molar-refractivity contribution in [1.82, 2.24) is 0 Å². The first kappa shape index (κ1) is 14.3. The van der Waals surface area contributed by atoms with Crippen molar-refractivity contribution in [3.63, 3.8) is 0 Å². The summed E-state index contributed by atoms with van der Waals surface area (Å²) in [6, 6.07) is 7.75. The van der Waals surface area contributed by atoms with Gasteiger partial charge in [-0.1, -0.05) is 36.2 Å². The Labute approximate surface area is 124 Å². The molecule has 1 saturated carbocycles. The lowest BCUT2D eigenvalue weighted by Gasteiger charge is -2.32. The van der Waals surface area contributed by atoms with E-state index in [4.69, 9.17) is 21.1 Å². The van der Waals surface area contributed by atoms with Gasteiger partial charge in [0.2, 0.25) is 0 Å². The monoisotopic (exact) mass is 296 g/mol. The van der Waals surface area contributed by atoms with Crippen molar-refractivity contribution >= 4 is 11.6 Å². The van der Waals surface area contributed by atoms with Crippen LogP contribution in [-0.4, -0.2) is 23.6 Å². The Hall–Kier alpha value is -0.610. The van der Waals surface area contributed by atoms with E-state index in [9.17, 15) is 5.11 Å². The number of halogens is 1. The lowest BCUT2D eigenvalue weighted by molar-refractivity contribution is -0.195. The molecule has 110 valence electrons. The number of hydrogen-bond acceptors (Lipinski definition) is 3. The predicted molar refractivity (Wildman–Crippen MR) is 77.7 cm³/mol. The normalized spacial score (nSPS) is 28.9. The van der Waals surface area contributed by atoms with Crippen LogP contribution >= 0.6 is 11.6 Å². The Balaban J connectivity index is 1.86. The standard InChI is InChI=1S/C16H21ClO3/c17-13-7-3-2-6-12(13)15-14(8-11-18)19-16(20-15)9-4-1-5-10-16/h2-3,6-7,14-15,18H,1,4-5,8-11H2/t14-,15-/m1/s1. The van der Waals surface area contributed by atoms with E-state index in [1.54, 1.807) is 0 Å². The molecule has 2 fully saturated rings. The maximum atomic E-state index is 9.28. The third-order valence-electron chi connectivity index (χ3n) is 4.29. The summed E-state index contributed by atoms with van der Waals surface area (Å²) in [5.74, 6) is -0.456. The van der Waals surface area contributed by atoms with Gasteiger partial charge in [0.1, 0.15) is 6.10 Å². The lowest BCUT2D eigenvalue weighted by Crippen LogP contribution is -2.33. The second-order valence-electron chi connectivity index (χ2n) is 5.70. The number of hydrogen-bond donors (Lipinski definition) is 1. The van der Waals surface area contributed by atoms with E-state index in [0.717, 1.165) is 31.2 Å². The summed E-state index contributed by atoms with van der Waals surface area (Å²) in [5.41, 5.74) is 0.968. The quantitative estimate of drug-likeness (QED) is 0.921. The summed E-state index contributed by atoms with van der Waals surface area (Å²) in [7, 11) is 0. The van der Waals surface area contributed by atoms with Crippen LogP contribution in [0.15, 0.2) is 24.3 Å². The molecule has 0 aromatic heterocycles. The van der Waals surface area contributed by atoms with Gasteiger partial charge in [0.15, 0.2) is 5.79 Å². The van der Waals surface area contributed by atoms with Crippen molar-refractivity contribution in [1.29, 1.82) is 0 Å². The van der Waals surface area contributed by atoms with Crippen LogP contribution in [0.4, 0.5) is 0 Å². The van der Waals surface area contributed by atoms with Gasteiger partial charge in [0.05, 0.1) is 6.10 Å². The van der Waals surface area contributed by atoms with Gasteiger partial charge in [0.25, 0.3) is 0 Å². The van der Waals surface area contributed by atoms with Gasteiger partial charge in [-0.2, -0.15) is 0 Å². The number of ether oxygens (including phenoxy) is 2. The minimum atomic E-state index is -0.456. The molecule has 2 aliphatic rings. The summed E-state index contributed by atoms with van der Waals surface area (Å²) < 4.78 is 12.5. The highest BCUT2D eigenvalue weighted by atomic mass is 35.5. The van der Waals surface area contributed by atoms with Gasteiger partial charge in [-0.3, -0.25) is 0 Å². The van der Waals surface area contributed by atoms with Crippen molar-refractivity contribution in [3.8, 4) is 0 Å². The Bertz CT molecular complexity index is 457. The maximum absolute atomic E-state index is 9.28. The fourth-order valence-electron chi connectivity index (χ4n) is 3.31. The summed E-state index contributed by atoms with van der Waals surface area (Å²) in [5, 5.41) is 9.98. The van der Waals surface area contributed by atoms with Crippen LogP contribution in [0.1, 0.15) is 50.2 Å². The lowest BCUT2D eigenvalue weighted by atomic mass is 9.94. The predicted octanol–water partition coefficient (Wildman–Crippen LogP) is 3.84. The van der Waals surface area contributed by atoms with Crippen LogP contribution in [-0.2, 0) is 9.47 Å². The number of aliphatic hydroxyl groups excluding tert-OH is 1. The van der Waals surface area contributed by atoms with Crippen molar-refractivity contribution in [3.05, 3.63) is 34.9 Å². The molecular formula is C16H21ClO3. The van der Waals surface area contributed by atoms with Crippen LogP contribution in [0.5, 0.6) is 0 Å². The second-order valence-corrected chi connectivity index (χ2v) is 6.11. The summed E-state index contributed by atoms with van der Waals surface area (Å²) in [4.78, 5) is 0. The average Bonchev–Trinajstić information content (AvgIpc) is 2.79. The van der Waals surface area contributed by atoms with Crippen molar-refractivity contribution < 1.29 is 14.6 Å². The highest BCUT2D eigenvalue weighted by molar-refractivity contribution is 6.31. The molecule has 0 radical (unpaired) electrons. The first-order valence-electron chi connectivity index (χ1n) is 7.45. The largest absolute Gasteiger partial charge is 0.396 e. The van der Waals surface area contributed by atoms with Gasteiger partial charge in [0, 0.05) is 30.0 Å². The molecule has 1 aliphatic heterocycles. The van der Waals surface area contributed by atoms with Crippen LogP contribution in [0, 0.1) is 0 Å². The molecule has 1 spiro atoms. The van der Waals surface area contributed by atoms with Crippen LogP contribution in [0.3, 0.4) is 0 Å². The number of aliphatic hydroxyl groups is 1. The molecule has 3 nitrogen and oxygen atoms in total. The summed E-state index contributed by atoms with van der Waals surface area (Å²) in [6.07, 6.45) is 5.70. The minimum absolute atomic E-state index is 0.102. The van der Waals surface area contributed by atoms with Crippen molar-refractivity contribution in [2.24, 2.45) is 0 Å². The van der Waals surface area contributed by atoms with Crippen LogP contribution in [0.2, 0.25) is 5.02 Å². The molecule has 1 aromatic carbocycles. The molecule has 1 aliphatic carbocycles. The molecule has 0 amide bonds. The van der Waals surface area contributed by atoms with Crippen LogP contribution < -0.4 is 0 Å². The third-order valence-corrected chi connectivity index (χ3v) is 4.63. The SMILES string of the molecule is OCC[C@H]1OC2(CCCCC2)O[C@@H]1c1ccccc1Cl. The van der Waals surface area contributed by atoms with E-state index in [1.807, 2.05) is 24.3 Å². The Morgan fingerprint density at radius 3 is 2.60 bits per heavy atom. The van der Waals surface area contributed by atoms with E-state index in [1.165, 1.54) is 6.42 Å². The minimum Gasteiger partial charge on any atom is -0.396 e. The smallest absolute Gasteiger partial charge is 0.169 e. The fourth-order valence-corrected chi connectivity index (χ4v) is 3.55. The van der Waals surface area contributed by atoms with Crippen molar-refractivity contribution in [2.75, 3.05) is 6.61 Å². The maximum Gasteiger partial charge on any atom is 0.169 e. The van der Waals surface area contributed by atoms with E-state index in [2.05, 4.69) is 0 Å². The average molecular weight is 297 g/mol. The zero-order valence-electron chi connectivity index (χ0n) is 11.6. The van der Waals surface area contributed by atoms with Gasteiger partial charge in [-0.25, -0.2) is 0 Å². The topological polar surface area (TPSA) is 38.7 Å². The zero-order chi connectivity index (χ0) is 14.0. The first-order chi connectivity index (χ1) is 9.74. The summed E-state index contributed by atoms with van der Waals surface area (Å²) in [6.45, 7) is 0.102. The molecule has 3 rings (SSSR count). The van der Waals surface area contributed by atoms with Crippen molar-refractivity contribution in [2.45, 2.75) is 56.5 Å². The van der Waals surface area contributed by atoms with E-state index < -0.39 is 5.79 Å². The highest BCUT2D eigenvalue weighted by Gasteiger charge is 2.48. The number of rotatable bonds is 3. The van der Waals surface area contributed by atoms with Gasteiger partial charge < -0.3 is 14.6 Å². The first-order valence-corrected chi connectivity index (χ1v) is 7.83. The molecule has 1 N–H and O–H groups in total. The Morgan fingerprint density at radius 2 is 1.90 bits per heavy atom. The van der Waals surface area contributed by atoms with E-state index >= 15 is 0 Å². The third kappa shape index (κ3) is 2.73. The highest BCUT2D eigenvalue weighted by Crippen LogP contribution is 2.47. The van der Waals surface area contributed by atoms with E-state index in [-0.39, 0.29) is 18.8 Å². The zero-order valence-corrected chi connectivity index (χ0v) is 12.3. The summed E-state index contributed by atoms with van der Waals surface area (Å²) >= 11 is 6.30. The van der Waals surface area contributed by atoms with E-state index in [0.29, 0.717) is 11.4 Å². The molecule has 1 saturated heterocycles. The van der Waals surface area contributed by atoms with Gasteiger partial charge in [-0.15, -0.1) is 0 Å². The Morgan fingerprint density at radius 1 is 1.15 bits per heavy atom. The molecule has 0 bridgehead atoms. The molecule has 2 atom stereocenters. The molecule has 0 unspecified atom stereocenters.